The number of ether oxygens (including phenoxy) is 1. The van der Waals surface area contributed by atoms with Crippen LogP contribution < -0.4 is 10.1 Å². The zero-order chi connectivity index (χ0) is 13.7. The van der Waals surface area contributed by atoms with Gasteiger partial charge in [0.05, 0.1) is 12.8 Å². The van der Waals surface area contributed by atoms with Gasteiger partial charge in [0.25, 0.3) is 0 Å². The first-order chi connectivity index (χ1) is 9.24. The van der Waals surface area contributed by atoms with Crippen molar-refractivity contribution in [3.8, 4) is 5.75 Å². The van der Waals surface area contributed by atoms with Crippen LogP contribution in [-0.2, 0) is 4.79 Å². The van der Waals surface area contributed by atoms with E-state index < -0.39 is 0 Å². The van der Waals surface area contributed by atoms with E-state index in [-0.39, 0.29) is 11.8 Å². The molecule has 1 aliphatic rings. The Hall–Kier alpha value is -1.42. The molecule has 3 nitrogen and oxygen atoms in total. The summed E-state index contributed by atoms with van der Waals surface area (Å²) in [6.07, 6.45) is 8.98. The summed E-state index contributed by atoms with van der Waals surface area (Å²) in [5.74, 6) is 0.876. The van der Waals surface area contributed by atoms with Crippen LogP contribution >= 0.6 is 11.8 Å². The van der Waals surface area contributed by atoms with Crippen molar-refractivity contribution in [2.24, 2.45) is 5.92 Å². The van der Waals surface area contributed by atoms with Crippen LogP contribution in [0, 0.1) is 5.92 Å². The Balaban J connectivity index is 2.09. The van der Waals surface area contributed by atoms with Gasteiger partial charge in [-0.25, -0.2) is 0 Å². The van der Waals surface area contributed by atoms with Crippen molar-refractivity contribution in [3.05, 3.63) is 30.4 Å². The molecular formula is C15H19NO2S. The smallest absolute Gasteiger partial charge is 0.227 e. The average molecular weight is 277 g/mol. The summed E-state index contributed by atoms with van der Waals surface area (Å²) in [5, 5.41) is 2.98. The summed E-state index contributed by atoms with van der Waals surface area (Å²) in [5.41, 5.74) is 0.750. The van der Waals surface area contributed by atoms with E-state index in [0.717, 1.165) is 29.8 Å². The molecule has 0 fully saturated rings. The zero-order valence-electron chi connectivity index (χ0n) is 11.3. The van der Waals surface area contributed by atoms with E-state index in [2.05, 4.69) is 17.5 Å². The fourth-order valence-corrected chi connectivity index (χ4v) is 2.60. The third kappa shape index (κ3) is 3.53. The van der Waals surface area contributed by atoms with Gasteiger partial charge in [-0.15, -0.1) is 11.8 Å². The number of amides is 1. The van der Waals surface area contributed by atoms with Crippen LogP contribution in [0.3, 0.4) is 0 Å². The summed E-state index contributed by atoms with van der Waals surface area (Å²) in [4.78, 5) is 13.3. The Morgan fingerprint density at radius 1 is 1.42 bits per heavy atom. The van der Waals surface area contributed by atoms with Gasteiger partial charge in [0.2, 0.25) is 5.91 Å². The highest BCUT2D eigenvalue weighted by Gasteiger charge is 2.19. The molecule has 0 radical (unpaired) electrons. The Bertz CT molecular complexity index is 485. The van der Waals surface area contributed by atoms with Gasteiger partial charge >= 0.3 is 0 Å². The highest BCUT2D eigenvalue weighted by molar-refractivity contribution is 7.98. The third-order valence-electron chi connectivity index (χ3n) is 3.31. The van der Waals surface area contributed by atoms with E-state index in [0.29, 0.717) is 5.75 Å². The van der Waals surface area contributed by atoms with Crippen molar-refractivity contribution >= 4 is 23.4 Å². The summed E-state index contributed by atoms with van der Waals surface area (Å²) in [6, 6.07) is 5.84. The number of hydrogen-bond donors (Lipinski definition) is 1. The molecule has 1 N–H and O–H groups in total. The van der Waals surface area contributed by atoms with Gasteiger partial charge in [-0.2, -0.15) is 0 Å². The number of benzene rings is 1. The second-order valence-electron chi connectivity index (χ2n) is 4.54. The number of thioether (sulfide) groups is 1. The monoisotopic (exact) mass is 277 g/mol. The standard InChI is InChI=1S/C15H19NO2S/c1-18-14-10-12(19-2)8-9-13(14)16-15(17)11-6-4-3-5-7-11/h3-4,8-11H,5-7H2,1-2H3,(H,16,17)/t11-/m0/s1. The van der Waals surface area contributed by atoms with Crippen molar-refractivity contribution < 1.29 is 9.53 Å². The number of allylic oxidation sites excluding steroid dienone is 2. The Kier molecular flexibility index (Phi) is 4.91. The van der Waals surface area contributed by atoms with Gasteiger partial charge in [-0.05, 0) is 43.7 Å². The molecule has 0 saturated heterocycles. The van der Waals surface area contributed by atoms with Gasteiger partial charge in [-0.1, -0.05) is 12.2 Å². The number of anilines is 1. The summed E-state index contributed by atoms with van der Waals surface area (Å²) >= 11 is 1.65. The van der Waals surface area contributed by atoms with E-state index >= 15 is 0 Å². The van der Waals surface area contributed by atoms with Crippen LogP contribution in [0.5, 0.6) is 5.75 Å². The lowest BCUT2D eigenvalue weighted by Gasteiger charge is -2.18. The lowest BCUT2D eigenvalue weighted by Crippen LogP contribution is -2.23. The minimum Gasteiger partial charge on any atom is -0.495 e. The second-order valence-corrected chi connectivity index (χ2v) is 5.42. The molecule has 0 unspecified atom stereocenters. The third-order valence-corrected chi connectivity index (χ3v) is 4.03. The molecule has 1 aromatic rings. The van der Waals surface area contributed by atoms with Crippen LogP contribution in [-0.4, -0.2) is 19.3 Å². The summed E-state index contributed by atoms with van der Waals surface area (Å²) in [6.45, 7) is 0. The topological polar surface area (TPSA) is 38.3 Å². The summed E-state index contributed by atoms with van der Waals surface area (Å²) < 4.78 is 5.33. The number of rotatable bonds is 4. The maximum absolute atomic E-state index is 12.2. The number of carbonyl (C=O) groups excluding carboxylic acids is 1. The molecular weight excluding hydrogens is 258 g/mol. The lowest BCUT2D eigenvalue weighted by molar-refractivity contribution is -0.120. The molecule has 1 aliphatic carbocycles. The van der Waals surface area contributed by atoms with E-state index in [4.69, 9.17) is 4.74 Å². The van der Waals surface area contributed by atoms with E-state index in [9.17, 15) is 4.79 Å². The van der Waals surface area contributed by atoms with Crippen molar-refractivity contribution in [2.75, 3.05) is 18.7 Å². The molecule has 0 saturated carbocycles. The first-order valence-electron chi connectivity index (χ1n) is 6.42. The van der Waals surface area contributed by atoms with Gasteiger partial charge in [0, 0.05) is 10.8 Å². The number of methoxy groups -OCH3 is 1. The molecule has 0 heterocycles. The van der Waals surface area contributed by atoms with Crippen LogP contribution in [0.25, 0.3) is 0 Å². The van der Waals surface area contributed by atoms with Crippen LogP contribution in [0.4, 0.5) is 5.69 Å². The zero-order valence-corrected chi connectivity index (χ0v) is 12.1. The van der Waals surface area contributed by atoms with E-state index in [1.54, 1.807) is 18.9 Å². The minimum atomic E-state index is 0.0786. The molecule has 102 valence electrons. The average Bonchev–Trinajstić information content (AvgIpc) is 2.48. The molecule has 2 rings (SSSR count). The van der Waals surface area contributed by atoms with Gasteiger partial charge < -0.3 is 10.1 Å². The highest BCUT2D eigenvalue weighted by atomic mass is 32.2. The predicted molar refractivity (Wildman–Crippen MR) is 79.9 cm³/mol. The fraction of sp³-hybridized carbons (Fsp3) is 0.400. The summed E-state index contributed by atoms with van der Waals surface area (Å²) in [7, 11) is 1.62. The Morgan fingerprint density at radius 3 is 2.89 bits per heavy atom. The normalized spacial score (nSPS) is 18.1. The number of carbonyl (C=O) groups is 1. The molecule has 19 heavy (non-hydrogen) atoms. The molecule has 1 amide bonds. The van der Waals surface area contributed by atoms with E-state index in [1.807, 2.05) is 24.5 Å². The van der Waals surface area contributed by atoms with Crippen molar-refractivity contribution in [1.29, 1.82) is 0 Å². The molecule has 1 aromatic carbocycles. The fourth-order valence-electron chi connectivity index (χ4n) is 2.17. The Labute approximate surface area is 118 Å². The maximum atomic E-state index is 12.2. The van der Waals surface area contributed by atoms with Crippen LogP contribution in [0.15, 0.2) is 35.2 Å². The highest BCUT2D eigenvalue weighted by Crippen LogP contribution is 2.30. The largest absolute Gasteiger partial charge is 0.495 e. The van der Waals surface area contributed by atoms with Crippen molar-refractivity contribution in [1.82, 2.24) is 0 Å². The maximum Gasteiger partial charge on any atom is 0.227 e. The Morgan fingerprint density at radius 2 is 2.26 bits per heavy atom. The second kappa shape index (κ2) is 6.66. The minimum absolute atomic E-state index is 0.0786. The van der Waals surface area contributed by atoms with Gasteiger partial charge in [-0.3, -0.25) is 4.79 Å². The SMILES string of the molecule is COc1cc(SC)ccc1NC(=O)[C@H]1CC=CCC1. The van der Waals surface area contributed by atoms with Gasteiger partial charge in [0.1, 0.15) is 5.75 Å². The number of nitrogens with one attached hydrogen (secondary N) is 1. The first-order valence-corrected chi connectivity index (χ1v) is 7.65. The number of hydrogen-bond acceptors (Lipinski definition) is 3. The predicted octanol–water partition coefficient (Wildman–Crippen LogP) is 3.71. The quantitative estimate of drug-likeness (QED) is 0.673. The van der Waals surface area contributed by atoms with E-state index in [1.165, 1.54) is 0 Å². The van der Waals surface area contributed by atoms with Crippen molar-refractivity contribution in [2.45, 2.75) is 24.2 Å². The molecule has 0 bridgehead atoms. The van der Waals surface area contributed by atoms with Crippen molar-refractivity contribution in [3.63, 3.8) is 0 Å². The molecule has 0 aromatic heterocycles. The van der Waals surface area contributed by atoms with Crippen LogP contribution in [0.2, 0.25) is 0 Å². The lowest BCUT2D eigenvalue weighted by atomic mass is 9.93. The molecule has 1 atom stereocenters. The molecule has 4 heteroatoms. The van der Waals surface area contributed by atoms with Crippen LogP contribution in [0.1, 0.15) is 19.3 Å². The molecule has 0 aliphatic heterocycles. The first kappa shape index (κ1) is 14.0. The van der Waals surface area contributed by atoms with Gasteiger partial charge in [0.15, 0.2) is 0 Å². The molecule has 0 spiro atoms.